The lowest BCUT2D eigenvalue weighted by Crippen LogP contribution is -2.20. The van der Waals surface area contributed by atoms with Crippen molar-refractivity contribution in [1.29, 1.82) is 0 Å². The number of nitrogens with one attached hydrogen (secondary N) is 2. The van der Waals surface area contributed by atoms with E-state index < -0.39 is 0 Å². The first-order valence-electron chi connectivity index (χ1n) is 11.3. The molecule has 2 aromatic heterocycles. The van der Waals surface area contributed by atoms with Crippen LogP contribution < -0.4 is 5.32 Å². The Morgan fingerprint density at radius 2 is 2.10 bits per heavy atom. The maximum absolute atomic E-state index is 15.0. The molecule has 1 atom stereocenters. The van der Waals surface area contributed by atoms with Crippen LogP contribution in [0.1, 0.15) is 52.5 Å². The van der Waals surface area contributed by atoms with Gasteiger partial charge in [0.2, 0.25) is 5.95 Å². The van der Waals surface area contributed by atoms with Crippen molar-refractivity contribution in [3.63, 3.8) is 0 Å². The van der Waals surface area contributed by atoms with Crippen LogP contribution in [0, 0.1) is 23.1 Å². The van der Waals surface area contributed by atoms with Gasteiger partial charge in [0.15, 0.2) is 0 Å². The molecule has 1 aliphatic carbocycles. The molecule has 0 saturated heterocycles. The third-order valence-electron chi connectivity index (χ3n) is 6.76. The number of benzene rings is 1. The zero-order valence-corrected chi connectivity index (χ0v) is 18.7. The normalized spacial score (nSPS) is 19.4. The highest BCUT2D eigenvalue weighted by Crippen LogP contribution is 2.44. The Hall–Kier alpha value is -2.76. The standard InChI is InChI=1S/C25H30FN5/c1-14(2)7-16-8-18-9-17(10-21(26)22(18)30-15(16)3)19-11-27-23-20(19)12-28-24(31-23)29-13-25(4)5-6-25/h9-12,14,16H,5-8,13H2,1-4H3,(H2,27,28,29,31)/t16-/m0/s1. The summed E-state index contributed by atoms with van der Waals surface area (Å²) in [6.45, 7) is 9.63. The predicted molar refractivity (Wildman–Crippen MR) is 125 cm³/mol. The Bertz CT molecular complexity index is 1170. The Balaban J connectivity index is 1.46. The summed E-state index contributed by atoms with van der Waals surface area (Å²) in [5, 5.41) is 4.25. The van der Waals surface area contributed by atoms with Gasteiger partial charge in [-0.2, -0.15) is 4.98 Å². The molecule has 0 radical (unpaired) electrons. The van der Waals surface area contributed by atoms with Crippen molar-refractivity contribution in [2.45, 2.75) is 53.4 Å². The van der Waals surface area contributed by atoms with E-state index in [0.29, 0.717) is 28.9 Å². The number of hydrogen-bond acceptors (Lipinski definition) is 4. The summed E-state index contributed by atoms with van der Waals surface area (Å²) in [5.74, 6) is 1.32. The van der Waals surface area contributed by atoms with Crippen LogP contribution in [0.15, 0.2) is 29.5 Å². The molecule has 31 heavy (non-hydrogen) atoms. The van der Waals surface area contributed by atoms with Crippen LogP contribution in [0.2, 0.25) is 0 Å². The molecule has 3 heterocycles. The van der Waals surface area contributed by atoms with Gasteiger partial charge in [-0.15, -0.1) is 0 Å². The smallest absolute Gasteiger partial charge is 0.224 e. The first-order chi connectivity index (χ1) is 14.8. The maximum atomic E-state index is 15.0. The fourth-order valence-electron chi connectivity index (χ4n) is 4.51. The van der Waals surface area contributed by atoms with E-state index in [2.05, 4.69) is 52.1 Å². The van der Waals surface area contributed by atoms with E-state index in [1.165, 1.54) is 12.8 Å². The monoisotopic (exact) mass is 419 g/mol. The van der Waals surface area contributed by atoms with Crippen molar-refractivity contribution in [2.24, 2.45) is 22.2 Å². The molecule has 0 amide bonds. The van der Waals surface area contributed by atoms with E-state index >= 15 is 4.39 Å². The van der Waals surface area contributed by atoms with Gasteiger partial charge < -0.3 is 10.3 Å². The number of aliphatic imine (C=N–C) groups is 1. The van der Waals surface area contributed by atoms with Crippen LogP contribution >= 0.6 is 0 Å². The highest BCUT2D eigenvalue weighted by molar-refractivity contribution is 5.95. The van der Waals surface area contributed by atoms with Gasteiger partial charge in [-0.3, -0.25) is 4.99 Å². The van der Waals surface area contributed by atoms with Crippen LogP contribution in [0.25, 0.3) is 22.2 Å². The highest BCUT2D eigenvalue weighted by Gasteiger charge is 2.37. The van der Waals surface area contributed by atoms with Crippen molar-refractivity contribution in [3.8, 4) is 11.1 Å². The molecule has 6 heteroatoms. The fraction of sp³-hybridized carbons (Fsp3) is 0.480. The van der Waals surface area contributed by atoms with Crippen molar-refractivity contribution < 1.29 is 4.39 Å². The molecular weight excluding hydrogens is 389 g/mol. The lowest BCUT2D eigenvalue weighted by molar-refractivity contribution is 0.488. The Labute approximate surface area is 182 Å². The van der Waals surface area contributed by atoms with Gasteiger partial charge in [0.1, 0.15) is 17.2 Å². The predicted octanol–water partition coefficient (Wildman–Crippen LogP) is 6.29. The van der Waals surface area contributed by atoms with Gasteiger partial charge in [0, 0.05) is 41.5 Å². The van der Waals surface area contributed by atoms with Crippen LogP contribution in [0.5, 0.6) is 0 Å². The zero-order valence-electron chi connectivity index (χ0n) is 18.7. The van der Waals surface area contributed by atoms with Crippen LogP contribution in [0.3, 0.4) is 0 Å². The molecular formula is C25H30FN5. The van der Waals surface area contributed by atoms with Gasteiger partial charge in [-0.1, -0.05) is 20.8 Å². The number of nitrogens with zero attached hydrogens (tertiary/aromatic N) is 3. The van der Waals surface area contributed by atoms with Crippen LogP contribution in [-0.4, -0.2) is 27.2 Å². The van der Waals surface area contributed by atoms with Crippen molar-refractivity contribution >= 4 is 28.4 Å². The van der Waals surface area contributed by atoms with Gasteiger partial charge >= 0.3 is 0 Å². The summed E-state index contributed by atoms with van der Waals surface area (Å²) in [7, 11) is 0. The molecule has 2 N–H and O–H groups in total. The Morgan fingerprint density at radius 1 is 1.29 bits per heavy atom. The number of halogens is 1. The molecule has 5 rings (SSSR count). The molecule has 1 saturated carbocycles. The molecule has 1 aromatic carbocycles. The third kappa shape index (κ3) is 3.95. The van der Waals surface area contributed by atoms with Gasteiger partial charge in [-0.05, 0) is 67.2 Å². The molecule has 2 aliphatic rings. The SMILES string of the molecule is CC1=Nc2c(F)cc(-c3c[nH]c4nc(NCC5(C)CC5)ncc34)cc2C[C@@H]1CC(C)C. The van der Waals surface area contributed by atoms with Crippen molar-refractivity contribution in [3.05, 3.63) is 35.9 Å². The first kappa shape index (κ1) is 20.2. The quantitative estimate of drug-likeness (QED) is 0.494. The Morgan fingerprint density at radius 3 is 2.84 bits per heavy atom. The molecule has 5 nitrogen and oxygen atoms in total. The summed E-state index contributed by atoms with van der Waals surface area (Å²) in [5.41, 5.74) is 5.43. The molecule has 3 aromatic rings. The number of aromatic amines is 1. The minimum atomic E-state index is -0.263. The van der Waals surface area contributed by atoms with Gasteiger partial charge in [0.25, 0.3) is 0 Å². The highest BCUT2D eigenvalue weighted by atomic mass is 19.1. The van der Waals surface area contributed by atoms with E-state index in [1.807, 2.05) is 19.3 Å². The van der Waals surface area contributed by atoms with Crippen LogP contribution in [0.4, 0.5) is 16.0 Å². The second kappa shape index (κ2) is 7.43. The lowest BCUT2D eigenvalue weighted by Gasteiger charge is -2.25. The molecule has 0 unspecified atom stereocenters. The number of H-pyrrole nitrogens is 1. The fourth-order valence-corrected chi connectivity index (χ4v) is 4.51. The minimum Gasteiger partial charge on any atom is -0.354 e. The largest absolute Gasteiger partial charge is 0.354 e. The topological polar surface area (TPSA) is 66.0 Å². The number of fused-ring (bicyclic) bond motifs is 2. The van der Waals surface area contributed by atoms with Gasteiger partial charge in [-0.25, -0.2) is 9.37 Å². The number of aromatic nitrogens is 3. The molecule has 1 fully saturated rings. The van der Waals surface area contributed by atoms with Gasteiger partial charge in [0.05, 0.1) is 0 Å². The summed E-state index contributed by atoms with van der Waals surface area (Å²) in [4.78, 5) is 17.0. The van der Waals surface area contributed by atoms with Crippen molar-refractivity contribution in [2.75, 3.05) is 11.9 Å². The average Bonchev–Trinajstić information content (AvgIpc) is 3.31. The van der Waals surface area contributed by atoms with E-state index in [9.17, 15) is 0 Å². The summed E-state index contributed by atoms with van der Waals surface area (Å²) < 4.78 is 15.0. The average molecular weight is 420 g/mol. The molecule has 0 spiro atoms. The second-order valence-corrected chi connectivity index (χ2v) is 10.1. The summed E-state index contributed by atoms with van der Waals surface area (Å²) >= 11 is 0. The van der Waals surface area contributed by atoms with E-state index in [-0.39, 0.29) is 5.82 Å². The second-order valence-electron chi connectivity index (χ2n) is 10.1. The van der Waals surface area contributed by atoms with Crippen LogP contribution in [-0.2, 0) is 6.42 Å². The third-order valence-corrected chi connectivity index (χ3v) is 6.76. The minimum absolute atomic E-state index is 0.263. The number of rotatable bonds is 6. The Kier molecular flexibility index (Phi) is 4.83. The van der Waals surface area contributed by atoms with Crippen molar-refractivity contribution in [1.82, 2.24) is 15.0 Å². The number of hydrogen-bond donors (Lipinski definition) is 2. The molecule has 1 aliphatic heterocycles. The maximum Gasteiger partial charge on any atom is 0.224 e. The number of anilines is 1. The summed E-state index contributed by atoms with van der Waals surface area (Å²) in [6.07, 6.45) is 8.12. The molecule has 162 valence electrons. The van der Waals surface area contributed by atoms with E-state index in [0.717, 1.165) is 52.8 Å². The zero-order chi connectivity index (χ0) is 21.8. The first-order valence-corrected chi connectivity index (χ1v) is 11.3. The molecule has 0 bridgehead atoms. The lowest BCUT2D eigenvalue weighted by atomic mass is 9.84. The van der Waals surface area contributed by atoms with E-state index in [1.54, 1.807) is 6.07 Å². The summed E-state index contributed by atoms with van der Waals surface area (Å²) in [6, 6.07) is 3.67. The van der Waals surface area contributed by atoms with E-state index in [4.69, 9.17) is 0 Å².